The molecular weight excluding hydrogens is 112 g/mol. The van der Waals surface area contributed by atoms with Crippen molar-refractivity contribution < 1.29 is 52.4 Å². The maximum Gasteiger partial charge on any atom is 1.00 e. The van der Waals surface area contributed by atoms with Crippen LogP contribution in [0.2, 0.25) is 0 Å². The van der Waals surface area contributed by atoms with Crippen LogP contribution in [0.3, 0.4) is 0 Å². The van der Waals surface area contributed by atoms with E-state index in [-0.39, 0.29) is 37.7 Å². The number of nitrogens with zero attached hydrogens (tertiary/aromatic N) is 1. The van der Waals surface area contributed by atoms with Crippen LogP contribution in [-0.2, 0) is 0 Å². The van der Waals surface area contributed by atoms with Gasteiger partial charge in [0.15, 0.2) is 6.08 Å². The van der Waals surface area contributed by atoms with Gasteiger partial charge in [0.25, 0.3) is 0 Å². The topological polar surface area (TPSA) is 72.2 Å². The molecule has 0 aliphatic rings. The Morgan fingerprint density at radius 3 is 2.00 bits per heavy atom. The molecule has 0 saturated heterocycles. The molecule has 9 heavy (non-hydrogen) atoms. The summed E-state index contributed by atoms with van der Waals surface area (Å²) in [4.78, 5) is 2.83. The summed E-state index contributed by atoms with van der Waals surface area (Å²) in [6.07, 6.45) is -0.0625. The van der Waals surface area contributed by atoms with E-state index in [4.69, 9.17) is 0 Å². The van der Waals surface area contributed by atoms with Crippen molar-refractivity contribution in [2.45, 2.75) is 0 Å². The van der Waals surface area contributed by atoms with Crippen LogP contribution >= 0.6 is 0 Å². The third kappa shape index (κ3) is 3.56. The molecule has 0 atom stereocenters. The minimum absolute atomic E-state index is 0. The minimum atomic E-state index is -0.829. The first kappa shape index (κ1) is 11.8. The molecular formula is C3HLi2NO3. The van der Waals surface area contributed by atoms with Crippen molar-refractivity contribution in [3.8, 4) is 12.0 Å². The van der Waals surface area contributed by atoms with Crippen molar-refractivity contribution in [2.75, 3.05) is 0 Å². The van der Waals surface area contributed by atoms with Gasteiger partial charge in [-0.15, -0.1) is 0 Å². The van der Waals surface area contributed by atoms with Gasteiger partial charge in [-0.2, -0.15) is 0 Å². The number of hydrogen-bond donors (Lipinski definition) is 0. The van der Waals surface area contributed by atoms with E-state index >= 15 is 0 Å². The van der Waals surface area contributed by atoms with Crippen molar-refractivity contribution in [3.05, 3.63) is 6.26 Å². The SMILES string of the molecule is [Li+].[Li+].[O-]c1coc([O-])n1. The molecule has 38 valence electrons. The summed E-state index contributed by atoms with van der Waals surface area (Å²) < 4.78 is 3.98. The van der Waals surface area contributed by atoms with Crippen LogP contribution in [0.15, 0.2) is 10.7 Å². The Kier molecular flexibility index (Phi) is 6.33. The van der Waals surface area contributed by atoms with E-state index < -0.39 is 12.0 Å². The van der Waals surface area contributed by atoms with E-state index in [1.165, 1.54) is 0 Å². The normalized spacial score (nSPS) is 7.11. The van der Waals surface area contributed by atoms with Crippen molar-refractivity contribution in [1.82, 2.24) is 4.98 Å². The second kappa shape index (κ2) is 4.84. The van der Waals surface area contributed by atoms with Gasteiger partial charge in [-0.05, 0) is 12.1 Å². The molecule has 0 aliphatic carbocycles. The van der Waals surface area contributed by atoms with Crippen molar-refractivity contribution >= 4 is 0 Å². The van der Waals surface area contributed by atoms with Gasteiger partial charge in [-0.3, -0.25) is 0 Å². The Balaban J connectivity index is 0. The zero-order valence-corrected chi connectivity index (χ0v) is 5.25. The molecule has 0 aliphatic heterocycles. The van der Waals surface area contributed by atoms with Crippen LogP contribution in [0.5, 0.6) is 12.0 Å². The smallest absolute Gasteiger partial charge is 0.858 e. The molecule has 0 radical (unpaired) electrons. The molecule has 0 amide bonds. The van der Waals surface area contributed by atoms with Crippen LogP contribution in [0.1, 0.15) is 0 Å². The second-order valence-corrected chi connectivity index (χ2v) is 0.952. The van der Waals surface area contributed by atoms with Gasteiger partial charge < -0.3 is 14.6 Å². The third-order valence-electron chi connectivity index (χ3n) is 0.462. The number of rotatable bonds is 0. The predicted molar refractivity (Wildman–Crippen MR) is 15.4 cm³/mol. The van der Waals surface area contributed by atoms with Crippen LogP contribution in [0.4, 0.5) is 0 Å². The average molecular weight is 113 g/mol. The molecule has 1 rings (SSSR count). The Labute approximate surface area is 75.6 Å². The van der Waals surface area contributed by atoms with Gasteiger partial charge >= 0.3 is 37.7 Å². The molecule has 4 nitrogen and oxygen atoms in total. The van der Waals surface area contributed by atoms with Crippen molar-refractivity contribution in [2.24, 2.45) is 0 Å². The Morgan fingerprint density at radius 1 is 1.33 bits per heavy atom. The largest absolute Gasteiger partial charge is 1.00 e. The standard InChI is InChI=1S/C3H3NO3.2Li/c5-2-1-7-3(6)4-2;;/h1,5H,(H,4,6);;/q;2*+1/p-2. The third-order valence-corrected chi connectivity index (χ3v) is 0.462. The minimum Gasteiger partial charge on any atom is -0.858 e. The number of oxazole rings is 1. The summed E-state index contributed by atoms with van der Waals surface area (Å²) >= 11 is 0. The summed E-state index contributed by atoms with van der Waals surface area (Å²) in [5, 5.41) is 19.7. The summed E-state index contributed by atoms with van der Waals surface area (Å²) in [5.41, 5.74) is 0. The fourth-order valence-corrected chi connectivity index (χ4v) is 0.243. The maximum absolute atomic E-state index is 9.89. The van der Waals surface area contributed by atoms with E-state index in [2.05, 4.69) is 9.40 Å². The van der Waals surface area contributed by atoms with Crippen molar-refractivity contribution in [1.29, 1.82) is 0 Å². The molecule has 0 spiro atoms. The van der Waals surface area contributed by atoms with Gasteiger partial charge in [0, 0.05) is 0 Å². The molecule has 1 aromatic heterocycles. The summed E-state index contributed by atoms with van der Waals surface area (Å²) in [5.74, 6) is -0.620. The van der Waals surface area contributed by atoms with E-state index in [0.717, 1.165) is 6.26 Å². The van der Waals surface area contributed by atoms with Crippen molar-refractivity contribution in [3.63, 3.8) is 0 Å². The molecule has 0 saturated carbocycles. The van der Waals surface area contributed by atoms with Gasteiger partial charge in [0.05, 0.1) is 0 Å². The van der Waals surface area contributed by atoms with E-state index in [1.807, 2.05) is 0 Å². The van der Waals surface area contributed by atoms with E-state index in [1.54, 1.807) is 0 Å². The fraction of sp³-hybridized carbons (Fsp3) is 0. The van der Waals surface area contributed by atoms with Crippen LogP contribution < -0.4 is 47.9 Å². The molecule has 0 N–H and O–H groups in total. The predicted octanol–water partition coefficient (Wildman–Crippen LogP) is -7.17. The molecule has 0 aromatic carbocycles. The van der Waals surface area contributed by atoms with Gasteiger partial charge in [-0.25, -0.2) is 4.98 Å². The Bertz CT molecular complexity index is 149. The zero-order chi connectivity index (χ0) is 5.28. The Hall–Kier alpha value is 0.00481. The molecule has 0 unspecified atom stereocenters. The first-order valence-electron chi connectivity index (χ1n) is 1.58. The van der Waals surface area contributed by atoms with Crippen LogP contribution in [-0.4, -0.2) is 4.98 Å². The monoisotopic (exact) mass is 113 g/mol. The molecule has 6 heteroatoms. The van der Waals surface area contributed by atoms with Gasteiger partial charge in [0.1, 0.15) is 0 Å². The summed E-state index contributed by atoms with van der Waals surface area (Å²) in [6.45, 7) is 0. The molecule has 0 bridgehead atoms. The van der Waals surface area contributed by atoms with Crippen LogP contribution in [0, 0.1) is 0 Å². The molecule has 1 heterocycles. The van der Waals surface area contributed by atoms with Gasteiger partial charge in [0.2, 0.25) is 0 Å². The summed E-state index contributed by atoms with van der Waals surface area (Å²) in [6, 6.07) is 0. The summed E-state index contributed by atoms with van der Waals surface area (Å²) in [7, 11) is 0. The molecule has 1 aromatic rings. The quantitative estimate of drug-likeness (QED) is 0.313. The van der Waals surface area contributed by atoms with E-state index in [9.17, 15) is 10.2 Å². The molecule has 0 fully saturated rings. The first-order chi connectivity index (χ1) is 3.29. The maximum atomic E-state index is 9.89. The van der Waals surface area contributed by atoms with E-state index in [0.29, 0.717) is 0 Å². The van der Waals surface area contributed by atoms with Gasteiger partial charge in [-0.1, -0.05) is 0 Å². The fourth-order valence-electron chi connectivity index (χ4n) is 0.243. The first-order valence-corrected chi connectivity index (χ1v) is 1.58. The Morgan fingerprint density at radius 2 is 1.89 bits per heavy atom. The zero-order valence-electron chi connectivity index (χ0n) is 5.25. The average Bonchev–Trinajstić information content (AvgIpc) is 1.87. The number of hydrogen-bond acceptors (Lipinski definition) is 4. The number of aromatic nitrogens is 1. The van der Waals surface area contributed by atoms with Crippen LogP contribution in [0.25, 0.3) is 0 Å². The second-order valence-electron chi connectivity index (χ2n) is 0.952.